The Hall–Kier alpha value is -3.60. The normalized spacial score (nSPS) is 15.7. The van der Waals surface area contributed by atoms with Crippen LogP contribution in [0.3, 0.4) is 0 Å². The highest BCUT2D eigenvalue weighted by Gasteiger charge is 2.29. The number of halogens is 1. The minimum Gasteiger partial charge on any atom is -0.265 e. The van der Waals surface area contributed by atoms with E-state index in [1.165, 1.54) is 12.1 Å². The molecule has 142 valence electrons. The lowest BCUT2D eigenvalue weighted by molar-refractivity contribution is 0.529. The second-order valence-electron chi connectivity index (χ2n) is 7.16. The lowest BCUT2D eigenvalue weighted by Crippen LogP contribution is -2.21. The van der Waals surface area contributed by atoms with Gasteiger partial charge in [0.25, 0.3) is 0 Å². The molecule has 0 bridgehead atoms. The van der Waals surface area contributed by atoms with Gasteiger partial charge < -0.3 is 0 Å². The Balaban J connectivity index is 1.72. The summed E-state index contributed by atoms with van der Waals surface area (Å²) in [5.41, 5.74) is 5.99. The standard InChI is InChI=1S/C24H19FN4/c1-16-23(19-7-9-20(25)10-8-19)24-27-21(17-5-3-2-4-6-17)15-22(29(24)28-16)18-11-13-26-14-12-18/h2-14,22H,15H2,1H3/t22-/m0/s1. The molecule has 4 aromatic rings. The molecule has 0 amide bonds. The molecule has 5 heteroatoms. The highest BCUT2D eigenvalue weighted by Crippen LogP contribution is 2.41. The van der Waals surface area contributed by atoms with Crippen LogP contribution in [0.5, 0.6) is 0 Å². The quantitative estimate of drug-likeness (QED) is 0.469. The molecule has 1 aliphatic heterocycles. The molecule has 0 aliphatic carbocycles. The third-order valence-corrected chi connectivity index (χ3v) is 5.31. The summed E-state index contributed by atoms with van der Waals surface area (Å²) in [5, 5.41) is 4.83. The number of fused-ring (bicyclic) bond motifs is 1. The van der Waals surface area contributed by atoms with E-state index >= 15 is 0 Å². The Kier molecular flexibility index (Phi) is 4.28. The number of pyridine rings is 1. The highest BCUT2D eigenvalue weighted by molar-refractivity contribution is 6.04. The fraction of sp³-hybridized carbons (Fsp3) is 0.125. The van der Waals surface area contributed by atoms with Gasteiger partial charge in [-0.25, -0.2) is 14.1 Å². The average molecular weight is 382 g/mol. The van der Waals surface area contributed by atoms with Crippen LogP contribution in [0.1, 0.15) is 29.3 Å². The van der Waals surface area contributed by atoms with Gasteiger partial charge >= 0.3 is 0 Å². The van der Waals surface area contributed by atoms with Gasteiger partial charge in [0, 0.05) is 24.4 Å². The molecular weight excluding hydrogens is 363 g/mol. The summed E-state index contributed by atoms with van der Waals surface area (Å²) in [6.45, 7) is 1.98. The highest BCUT2D eigenvalue weighted by atomic mass is 19.1. The molecule has 0 unspecified atom stereocenters. The van der Waals surface area contributed by atoms with Gasteiger partial charge in [-0.05, 0) is 47.9 Å². The Morgan fingerprint density at radius 2 is 1.62 bits per heavy atom. The number of hydrogen-bond acceptors (Lipinski definition) is 3. The van der Waals surface area contributed by atoms with Crippen molar-refractivity contribution in [3.8, 4) is 11.1 Å². The zero-order chi connectivity index (χ0) is 19.8. The molecule has 3 heterocycles. The van der Waals surface area contributed by atoms with E-state index in [-0.39, 0.29) is 11.9 Å². The number of rotatable bonds is 3. The van der Waals surface area contributed by atoms with Crippen LogP contribution in [-0.4, -0.2) is 20.5 Å². The smallest absolute Gasteiger partial charge is 0.159 e. The van der Waals surface area contributed by atoms with Crippen LogP contribution >= 0.6 is 0 Å². The molecule has 0 saturated carbocycles. The molecular formula is C24H19FN4. The number of benzene rings is 2. The topological polar surface area (TPSA) is 43.1 Å². The first-order valence-corrected chi connectivity index (χ1v) is 9.58. The zero-order valence-corrected chi connectivity index (χ0v) is 16.0. The van der Waals surface area contributed by atoms with Crippen molar-refractivity contribution < 1.29 is 4.39 Å². The van der Waals surface area contributed by atoms with Crippen LogP contribution in [0.2, 0.25) is 0 Å². The molecule has 0 fully saturated rings. The maximum absolute atomic E-state index is 13.5. The summed E-state index contributed by atoms with van der Waals surface area (Å²) in [6.07, 6.45) is 4.35. The van der Waals surface area contributed by atoms with E-state index in [1.807, 2.05) is 41.9 Å². The van der Waals surface area contributed by atoms with Crippen molar-refractivity contribution in [2.75, 3.05) is 0 Å². The third kappa shape index (κ3) is 3.14. The van der Waals surface area contributed by atoms with Gasteiger partial charge in [-0.1, -0.05) is 42.5 Å². The Bertz CT molecular complexity index is 1180. The predicted molar refractivity (Wildman–Crippen MR) is 112 cm³/mol. The van der Waals surface area contributed by atoms with Gasteiger partial charge in [-0.15, -0.1) is 0 Å². The predicted octanol–water partition coefficient (Wildman–Crippen LogP) is 5.51. The summed E-state index contributed by atoms with van der Waals surface area (Å²) < 4.78 is 15.5. The second-order valence-corrected chi connectivity index (χ2v) is 7.16. The molecule has 0 radical (unpaired) electrons. The van der Waals surface area contributed by atoms with Gasteiger partial charge in [0.05, 0.1) is 17.4 Å². The number of aliphatic imine (C=N–C) groups is 1. The molecule has 0 spiro atoms. The van der Waals surface area contributed by atoms with E-state index in [1.54, 1.807) is 24.5 Å². The van der Waals surface area contributed by atoms with Crippen molar-refractivity contribution in [2.45, 2.75) is 19.4 Å². The SMILES string of the molecule is Cc1nn2c(c1-c1ccc(F)cc1)N=C(c1ccccc1)C[C@H]2c1ccncc1. The largest absolute Gasteiger partial charge is 0.265 e. The molecule has 4 nitrogen and oxygen atoms in total. The van der Waals surface area contributed by atoms with Crippen LogP contribution in [0, 0.1) is 12.7 Å². The van der Waals surface area contributed by atoms with Crippen molar-refractivity contribution in [3.05, 3.63) is 102 Å². The zero-order valence-electron chi connectivity index (χ0n) is 16.0. The fourth-order valence-electron chi connectivity index (χ4n) is 3.91. The van der Waals surface area contributed by atoms with Gasteiger partial charge in [-0.2, -0.15) is 5.10 Å². The molecule has 0 saturated heterocycles. The maximum Gasteiger partial charge on any atom is 0.159 e. The molecule has 1 aliphatic rings. The second kappa shape index (κ2) is 7.09. The van der Waals surface area contributed by atoms with Gasteiger partial charge in [0.1, 0.15) is 5.82 Å². The van der Waals surface area contributed by atoms with Crippen LogP contribution < -0.4 is 0 Å². The molecule has 1 atom stereocenters. The van der Waals surface area contributed by atoms with Crippen molar-refractivity contribution >= 4 is 11.5 Å². The molecule has 29 heavy (non-hydrogen) atoms. The lowest BCUT2D eigenvalue weighted by Gasteiger charge is -2.25. The Labute approximate surface area is 168 Å². The summed E-state index contributed by atoms with van der Waals surface area (Å²) in [6, 6.07) is 20.8. The van der Waals surface area contributed by atoms with E-state index < -0.39 is 0 Å². The van der Waals surface area contributed by atoms with Gasteiger partial charge in [0.15, 0.2) is 5.82 Å². The van der Waals surface area contributed by atoms with Crippen molar-refractivity contribution in [1.29, 1.82) is 0 Å². The van der Waals surface area contributed by atoms with E-state index in [4.69, 9.17) is 10.1 Å². The number of nitrogens with zero attached hydrogens (tertiary/aromatic N) is 4. The number of aryl methyl sites for hydroxylation is 1. The van der Waals surface area contributed by atoms with E-state index in [0.717, 1.165) is 45.9 Å². The molecule has 2 aromatic carbocycles. The third-order valence-electron chi connectivity index (χ3n) is 5.31. The molecule has 5 rings (SSSR count). The molecule has 0 N–H and O–H groups in total. The van der Waals surface area contributed by atoms with E-state index in [2.05, 4.69) is 17.1 Å². The van der Waals surface area contributed by atoms with E-state index in [0.29, 0.717) is 0 Å². The average Bonchev–Trinajstić information content (AvgIpc) is 3.10. The Morgan fingerprint density at radius 1 is 0.897 bits per heavy atom. The summed E-state index contributed by atoms with van der Waals surface area (Å²) >= 11 is 0. The monoisotopic (exact) mass is 382 g/mol. The van der Waals surface area contributed by atoms with Crippen molar-refractivity contribution in [3.63, 3.8) is 0 Å². The van der Waals surface area contributed by atoms with Crippen molar-refractivity contribution in [2.24, 2.45) is 4.99 Å². The van der Waals surface area contributed by atoms with E-state index in [9.17, 15) is 4.39 Å². The van der Waals surface area contributed by atoms with Gasteiger partial charge in [0.2, 0.25) is 0 Å². The van der Waals surface area contributed by atoms with Crippen LogP contribution in [0.4, 0.5) is 10.2 Å². The first-order chi connectivity index (χ1) is 14.2. The van der Waals surface area contributed by atoms with Crippen LogP contribution in [0.15, 0.2) is 84.1 Å². The van der Waals surface area contributed by atoms with Crippen LogP contribution in [-0.2, 0) is 0 Å². The number of aromatic nitrogens is 3. The minimum absolute atomic E-state index is 0.0219. The fourth-order valence-corrected chi connectivity index (χ4v) is 3.91. The summed E-state index contributed by atoms with van der Waals surface area (Å²) in [5.74, 6) is 0.552. The van der Waals surface area contributed by atoms with Crippen LogP contribution in [0.25, 0.3) is 11.1 Å². The minimum atomic E-state index is -0.254. The Morgan fingerprint density at radius 3 is 2.34 bits per heavy atom. The maximum atomic E-state index is 13.5. The first-order valence-electron chi connectivity index (χ1n) is 9.58. The lowest BCUT2D eigenvalue weighted by atomic mass is 9.96. The summed E-state index contributed by atoms with van der Waals surface area (Å²) in [7, 11) is 0. The number of hydrogen-bond donors (Lipinski definition) is 0. The van der Waals surface area contributed by atoms with Gasteiger partial charge in [-0.3, -0.25) is 4.98 Å². The first kappa shape index (κ1) is 17.5. The molecule has 2 aromatic heterocycles. The van der Waals surface area contributed by atoms with Crippen molar-refractivity contribution in [1.82, 2.24) is 14.8 Å². The summed E-state index contributed by atoms with van der Waals surface area (Å²) in [4.78, 5) is 9.18.